The highest BCUT2D eigenvalue weighted by atomic mass is 16.5. The number of Topliss-reactive ketones (excluding diaryl/α,β-unsaturated/α-hetero) is 2. The van der Waals surface area contributed by atoms with Gasteiger partial charge in [0.05, 0.1) is 24.3 Å². The van der Waals surface area contributed by atoms with Crippen LogP contribution >= 0.6 is 0 Å². The third kappa shape index (κ3) is 2.21. The van der Waals surface area contributed by atoms with E-state index < -0.39 is 11.8 Å². The van der Waals surface area contributed by atoms with E-state index in [0.29, 0.717) is 23.4 Å². The number of rotatable bonds is 1. The topological polar surface area (TPSA) is 68.6 Å². The lowest BCUT2D eigenvalue weighted by Crippen LogP contribution is -2.40. The summed E-state index contributed by atoms with van der Waals surface area (Å²) >= 11 is 0. The molecule has 0 amide bonds. The zero-order chi connectivity index (χ0) is 18.6. The number of aromatic nitrogens is 1. The van der Waals surface area contributed by atoms with Gasteiger partial charge in [0.1, 0.15) is 0 Å². The molecule has 2 aliphatic rings. The van der Waals surface area contributed by atoms with Crippen LogP contribution < -0.4 is 0 Å². The van der Waals surface area contributed by atoms with Crippen molar-refractivity contribution in [2.45, 2.75) is 6.42 Å². The molecule has 0 saturated carbocycles. The number of esters is 1. The molecule has 2 heterocycles. The van der Waals surface area contributed by atoms with Gasteiger partial charge in [0.2, 0.25) is 0 Å². The summed E-state index contributed by atoms with van der Waals surface area (Å²) in [7, 11) is 4.96. The molecule has 4 rings (SSSR count). The number of aryl methyl sites for hydroxylation is 1. The molecule has 6 nitrogen and oxygen atoms in total. The number of nitrogens with zero attached hydrogens (tertiary/aromatic N) is 2. The van der Waals surface area contributed by atoms with Gasteiger partial charge < -0.3 is 14.2 Å². The summed E-state index contributed by atoms with van der Waals surface area (Å²) < 4.78 is 6.72. The summed E-state index contributed by atoms with van der Waals surface area (Å²) in [5.41, 5.74) is 2.24. The Hall–Kier alpha value is -2.89. The van der Waals surface area contributed by atoms with Gasteiger partial charge in [-0.1, -0.05) is 18.2 Å². The Kier molecular flexibility index (Phi) is 3.72. The van der Waals surface area contributed by atoms with Gasteiger partial charge in [-0.3, -0.25) is 14.4 Å². The van der Waals surface area contributed by atoms with E-state index in [4.69, 9.17) is 4.74 Å². The lowest BCUT2D eigenvalue weighted by atomic mass is 9.79. The molecule has 1 aliphatic carbocycles. The van der Waals surface area contributed by atoms with Crippen molar-refractivity contribution in [1.29, 1.82) is 0 Å². The Morgan fingerprint density at radius 1 is 1.19 bits per heavy atom. The van der Waals surface area contributed by atoms with Crippen LogP contribution in [-0.4, -0.2) is 47.7 Å². The molecule has 2 aromatic rings. The molecule has 0 radical (unpaired) electrons. The summed E-state index contributed by atoms with van der Waals surface area (Å²) in [4.78, 5) is 40.6. The fourth-order valence-electron chi connectivity index (χ4n) is 4.30. The van der Waals surface area contributed by atoms with Gasteiger partial charge in [0.15, 0.2) is 11.6 Å². The van der Waals surface area contributed by atoms with E-state index in [1.54, 1.807) is 17.8 Å². The monoisotopic (exact) mass is 352 g/mol. The smallest absolute Gasteiger partial charge is 0.311 e. The molecule has 0 bridgehead atoms. The zero-order valence-corrected chi connectivity index (χ0v) is 15.0. The van der Waals surface area contributed by atoms with E-state index in [0.717, 1.165) is 10.9 Å². The van der Waals surface area contributed by atoms with E-state index in [1.165, 1.54) is 7.11 Å². The first kappa shape index (κ1) is 16.6. The number of carbonyl (C=O) groups is 3. The van der Waals surface area contributed by atoms with Crippen molar-refractivity contribution in [2.75, 3.05) is 20.7 Å². The first-order valence-corrected chi connectivity index (χ1v) is 8.59. The fraction of sp³-hybridized carbons (Fsp3) is 0.350. The molecular formula is C20H20N2O4. The van der Waals surface area contributed by atoms with Crippen LogP contribution in [-0.2, 0) is 16.6 Å². The highest BCUT2D eigenvalue weighted by Crippen LogP contribution is 2.40. The minimum Gasteiger partial charge on any atom is -0.469 e. The predicted octanol–water partition coefficient (Wildman–Crippen LogP) is 2.18. The minimum atomic E-state index is -0.529. The highest BCUT2D eigenvalue weighted by Gasteiger charge is 2.44. The average Bonchev–Trinajstić information content (AvgIpc) is 2.88. The van der Waals surface area contributed by atoms with E-state index in [2.05, 4.69) is 0 Å². The van der Waals surface area contributed by atoms with Crippen LogP contribution in [0.4, 0.5) is 0 Å². The lowest BCUT2D eigenvalue weighted by molar-refractivity contribution is -0.147. The van der Waals surface area contributed by atoms with Crippen LogP contribution in [0.2, 0.25) is 0 Å². The molecular weight excluding hydrogens is 332 g/mol. The third-order valence-electron chi connectivity index (χ3n) is 5.50. The number of hydrogen-bond acceptors (Lipinski definition) is 5. The van der Waals surface area contributed by atoms with Gasteiger partial charge >= 0.3 is 5.97 Å². The number of benzene rings is 1. The SMILES string of the molecule is COC(=O)C1CN(C)C=C2C(=O)c3c(n(C)c4ccccc34)C(=O)CC21. The van der Waals surface area contributed by atoms with Crippen LogP contribution in [0.5, 0.6) is 0 Å². The number of para-hydroxylation sites is 1. The Bertz CT molecular complexity index is 985. The van der Waals surface area contributed by atoms with Crippen LogP contribution in [0.15, 0.2) is 36.0 Å². The van der Waals surface area contributed by atoms with Crippen LogP contribution in [0.25, 0.3) is 10.9 Å². The number of ether oxygens (including phenoxy) is 1. The molecule has 2 unspecified atom stereocenters. The molecule has 0 N–H and O–H groups in total. The van der Waals surface area contributed by atoms with Crippen LogP contribution in [0.3, 0.4) is 0 Å². The van der Waals surface area contributed by atoms with E-state index in [9.17, 15) is 14.4 Å². The van der Waals surface area contributed by atoms with Crippen molar-refractivity contribution in [3.05, 3.63) is 47.3 Å². The summed E-state index contributed by atoms with van der Waals surface area (Å²) in [5, 5.41) is 0.771. The highest BCUT2D eigenvalue weighted by molar-refractivity contribution is 6.24. The lowest BCUT2D eigenvalue weighted by Gasteiger charge is -2.34. The Balaban J connectivity index is 1.95. The predicted molar refractivity (Wildman–Crippen MR) is 95.9 cm³/mol. The van der Waals surface area contributed by atoms with Crippen LogP contribution in [0.1, 0.15) is 27.3 Å². The number of hydrogen-bond donors (Lipinski definition) is 0. The number of allylic oxidation sites excluding steroid dienone is 1. The Morgan fingerprint density at radius 2 is 1.92 bits per heavy atom. The maximum absolute atomic E-state index is 13.4. The van der Waals surface area contributed by atoms with Gasteiger partial charge in [0, 0.05) is 55.7 Å². The molecule has 26 heavy (non-hydrogen) atoms. The standard InChI is InChI=1S/C20H20N2O4/c1-21-9-13-12(14(10-21)20(25)26-3)8-16(23)18-17(19(13)24)11-6-4-5-7-15(11)22(18)2/h4-7,9,12,14H,8,10H2,1-3H3. The van der Waals surface area contributed by atoms with Crippen molar-refractivity contribution < 1.29 is 19.1 Å². The van der Waals surface area contributed by atoms with Gasteiger partial charge in [-0.25, -0.2) is 0 Å². The number of methoxy groups -OCH3 is 1. The second-order valence-corrected chi connectivity index (χ2v) is 7.02. The molecule has 1 aromatic heterocycles. The van der Waals surface area contributed by atoms with Gasteiger partial charge in [-0.15, -0.1) is 0 Å². The van der Waals surface area contributed by atoms with Crippen molar-refractivity contribution in [3.63, 3.8) is 0 Å². The van der Waals surface area contributed by atoms with Crippen LogP contribution in [0, 0.1) is 11.8 Å². The number of fused-ring (bicyclic) bond motifs is 4. The Labute approximate surface area is 151 Å². The summed E-state index contributed by atoms with van der Waals surface area (Å²) in [6, 6.07) is 7.52. The average molecular weight is 352 g/mol. The van der Waals surface area contributed by atoms with E-state index in [-0.39, 0.29) is 24.0 Å². The van der Waals surface area contributed by atoms with Gasteiger partial charge in [-0.05, 0) is 6.07 Å². The molecule has 134 valence electrons. The van der Waals surface area contributed by atoms with Crippen molar-refractivity contribution in [1.82, 2.24) is 9.47 Å². The molecule has 6 heteroatoms. The van der Waals surface area contributed by atoms with Crippen molar-refractivity contribution in [3.8, 4) is 0 Å². The zero-order valence-electron chi connectivity index (χ0n) is 15.0. The second kappa shape index (κ2) is 5.83. The van der Waals surface area contributed by atoms with E-state index in [1.807, 2.05) is 36.2 Å². The van der Waals surface area contributed by atoms with Crippen molar-refractivity contribution in [2.24, 2.45) is 18.9 Å². The molecule has 0 fully saturated rings. The summed E-state index contributed by atoms with van der Waals surface area (Å²) in [5.74, 6) is -1.65. The summed E-state index contributed by atoms with van der Waals surface area (Å²) in [6.07, 6.45) is 1.90. The maximum Gasteiger partial charge on any atom is 0.311 e. The number of carbonyl (C=O) groups excluding carboxylic acids is 3. The molecule has 1 aromatic carbocycles. The quantitative estimate of drug-likeness (QED) is 0.736. The second-order valence-electron chi connectivity index (χ2n) is 7.02. The van der Waals surface area contributed by atoms with Crippen molar-refractivity contribution >= 4 is 28.4 Å². The molecule has 2 atom stereocenters. The normalized spacial score (nSPS) is 22.6. The largest absolute Gasteiger partial charge is 0.469 e. The minimum absolute atomic E-state index is 0.112. The Morgan fingerprint density at radius 3 is 2.65 bits per heavy atom. The molecule has 0 spiro atoms. The number of ketones is 2. The van der Waals surface area contributed by atoms with Gasteiger partial charge in [0.25, 0.3) is 0 Å². The van der Waals surface area contributed by atoms with E-state index >= 15 is 0 Å². The third-order valence-corrected chi connectivity index (χ3v) is 5.50. The first-order valence-electron chi connectivity index (χ1n) is 8.59. The maximum atomic E-state index is 13.4. The fourth-order valence-corrected chi connectivity index (χ4v) is 4.30. The molecule has 0 saturated heterocycles. The summed E-state index contributed by atoms with van der Waals surface area (Å²) in [6.45, 7) is 0.429. The first-order chi connectivity index (χ1) is 12.4. The van der Waals surface area contributed by atoms with Gasteiger partial charge in [-0.2, -0.15) is 0 Å². The molecule has 1 aliphatic heterocycles.